The van der Waals surface area contributed by atoms with Crippen LogP contribution in [0.2, 0.25) is 0 Å². The van der Waals surface area contributed by atoms with E-state index in [0.717, 1.165) is 43.8 Å². The van der Waals surface area contributed by atoms with E-state index < -0.39 is 29.8 Å². The van der Waals surface area contributed by atoms with E-state index in [1.54, 1.807) is 9.75 Å². The van der Waals surface area contributed by atoms with Crippen molar-refractivity contribution >= 4 is 11.8 Å². The number of amides is 2. The first kappa shape index (κ1) is 29.0. The number of halogens is 2. The number of likely N-dealkylation sites (N-methyl/N-ethyl adjacent to an activating group) is 1. The lowest BCUT2D eigenvalue weighted by molar-refractivity contribution is -0.144. The van der Waals surface area contributed by atoms with Crippen molar-refractivity contribution in [3.8, 4) is 11.6 Å². The molecule has 41 heavy (non-hydrogen) atoms. The Balaban J connectivity index is 1.36. The van der Waals surface area contributed by atoms with Gasteiger partial charge in [-0.05, 0) is 82.6 Å². The standard InChI is InChI=1S/C30H38F2N6O3/c1-5-37-18-26(27(41-37)22-11-12-24(31)25(32)17-22)33-30(39)34-28-19(2)29(35-38(28)23-9-7-6-8-10-23)40-20(3)21-13-15-36(4)16-14-21/h6-12,17,20-21,26-27H,5,13-16,18H2,1-4H3,(H2,33,34,39)/t20?,26-,27+/m1/s1. The summed E-state index contributed by atoms with van der Waals surface area (Å²) in [6, 6.07) is 12.2. The second kappa shape index (κ2) is 12.5. The van der Waals surface area contributed by atoms with Gasteiger partial charge in [-0.1, -0.05) is 31.2 Å². The zero-order valence-corrected chi connectivity index (χ0v) is 23.9. The van der Waals surface area contributed by atoms with Crippen LogP contribution in [-0.2, 0) is 4.84 Å². The average molecular weight is 569 g/mol. The zero-order chi connectivity index (χ0) is 29.1. The van der Waals surface area contributed by atoms with E-state index in [1.807, 2.05) is 44.2 Å². The minimum atomic E-state index is -0.964. The van der Waals surface area contributed by atoms with Gasteiger partial charge in [-0.3, -0.25) is 10.2 Å². The van der Waals surface area contributed by atoms with Crippen LogP contribution in [0.4, 0.5) is 19.4 Å². The first-order chi connectivity index (χ1) is 19.7. The summed E-state index contributed by atoms with van der Waals surface area (Å²) in [5, 5.41) is 12.4. The summed E-state index contributed by atoms with van der Waals surface area (Å²) in [6.07, 6.45) is 1.41. The van der Waals surface area contributed by atoms with Gasteiger partial charge < -0.3 is 15.0 Å². The third-order valence-corrected chi connectivity index (χ3v) is 8.01. The average Bonchev–Trinajstić information content (AvgIpc) is 3.51. The van der Waals surface area contributed by atoms with Gasteiger partial charge in [0.25, 0.3) is 0 Å². The summed E-state index contributed by atoms with van der Waals surface area (Å²) in [4.78, 5) is 21.7. The maximum atomic E-state index is 14.0. The van der Waals surface area contributed by atoms with E-state index in [9.17, 15) is 13.6 Å². The van der Waals surface area contributed by atoms with E-state index in [0.29, 0.717) is 41.8 Å². The Morgan fingerprint density at radius 1 is 1.15 bits per heavy atom. The predicted molar refractivity (Wildman–Crippen MR) is 152 cm³/mol. The number of likely N-dealkylation sites (tertiary alicyclic amines) is 1. The van der Waals surface area contributed by atoms with Crippen LogP contribution in [0.1, 0.15) is 43.9 Å². The number of hydroxylamine groups is 2. The van der Waals surface area contributed by atoms with Crippen LogP contribution in [0.15, 0.2) is 48.5 Å². The van der Waals surface area contributed by atoms with E-state index in [4.69, 9.17) is 14.7 Å². The van der Waals surface area contributed by atoms with Gasteiger partial charge in [0.2, 0.25) is 5.88 Å². The predicted octanol–water partition coefficient (Wildman–Crippen LogP) is 5.07. The Labute approximate surface area is 239 Å². The normalized spacial score (nSPS) is 21.1. The van der Waals surface area contributed by atoms with Gasteiger partial charge in [0.05, 0.1) is 17.3 Å². The number of aromatic nitrogens is 2. The molecular formula is C30H38F2N6O3. The van der Waals surface area contributed by atoms with Crippen molar-refractivity contribution in [2.24, 2.45) is 5.92 Å². The second-order valence-electron chi connectivity index (χ2n) is 10.9. The molecule has 220 valence electrons. The van der Waals surface area contributed by atoms with Crippen LogP contribution in [-0.4, -0.2) is 71.1 Å². The number of hydrogen-bond donors (Lipinski definition) is 2. The van der Waals surface area contributed by atoms with Gasteiger partial charge in [-0.15, -0.1) is 5.10 Å². The van der Waals surface area contributed by atoms with Crippen molar-refractivity contribution in [3.05, 3.63) is 71.3 Å². The molecule has 3 atom stereocenters. The molecule has 9 nitrogen and oxygen atoms in total. The van der Waals surface area contributed by atoms with Crippen molar-refractivity contribution in [2.45, 2.75) is 51.9 Å². The van der Waals surface area contributed by atoms with E-state index >= 15 is 0 Å². The molecule has 5 rings (SSSR count). The van der Waals surface area contributed by atoms with Crippen LogP contribution in [0.25, 0.3) is 5.69 Å². The number of rotatable bonds is 8. The summed E-state index contributed by atoms with van der Waals surface area (Å²) in [6.45, 7) is 8.89. The number of carbonyl (C=O) groups excluding carboxylic acids is 1. The number of anilines is 1. The lowest BCUT2D eigenvalue weighted by Crippen LogP contribution is -2.42. The quantitative estimate of drug-likeness (QED) is 0.395. The Morgan fingerprint density at radius 2 is 1.88 bits per heavy atom. The molecule has 3 aromatic rings. The highest BCUT2D eigenvalue weighted by Crippen LogP contribution is 2.33. The number of para-hydroxylation sites is 1. The fourth-order valence-electron chi connectivity index (χ4n) is 5.47. The van der Waals surface area contributed by atoms with Crippen molar-refractivity contribution in [1.82, 2.24) is 25.1 Å². The molecule has 0 aliphatic carbocycles. The Kier molecular flexibility index (Phi) is 8.86. The number of nitrogens with zero attached hydrogens (tertiary/aromatic N) is 4. The molecule has 2 N–H and O–H groups in total. The lowest BCUT2D eigenvalue weighted by Gasteiger charge is -2.32. The third kappa shape index (κ3) is 6.52. The molecule has 2 aliphatic rings. The topological polar surface area (TPSA) is 83.9 Å². The van der Waals surface area contributed by atoms with Gasteiger partial charge in [-0.25, -0.2) is 18.3 Å². The molecule has 2 aliphatic heterocycles. The maximum Gasteiger partial charge on any atom is 0.320 e. The van der Waals surface area contributed by atoms with Crippen molar-refractivity contribution in [2.75, 3.05) is 38.5 Å². The van der Waals surface area contributed by atoms with Crippen LogP contribution in [0.3, 0.4) is 0 Å². The Bertz CT molecular complexity index is 1350. The molecule has 3 heterocycles. The number of urea groups is 1. The molecule has 0 spiro atoms. The number of piperidine rings is 1. The van der Waals surface area contributed by atoms with Gasteiger partial charge >= 0.3 is 6.03 Å². The SMILES string of the molecule is CCN1C[C@@H](NC(=O)Nc2c(C)c(OC(C)C3CCN(C)CC3)nn2-c2ccccc2)[C@H](c2ccc(F)c(F)c2)O1. The van der Waals surface area contributed by atoms with Crippen molar-refractivity contribution < 1.29 is 23.1 Å². The summed E-state index contributed by atoms with van der Waals surface area (Å²) in [7, 11) is 2.13. The van der Waals surface area contributed by atoms with Crippen LogP contribution in [0, 0.1) is 24.5 Å². The summed E-state index contributed by atoms with van der Waals surface area (Å²) in [5.41, 5.74) is 1.92. The number of ether oxygens (including phenoxy) is 1. The smallest absolute Gasteiger partial charge is 0.320 e. The minimum absolute atomic E-state index is 0.0317. The Hall–Kier alpha value is -3.54. The largest absolute Gasteiger partial charge is 0.473 e. The molecular weight excluding hydrogens is 530 g/mol. The van der Waals surface area contributed by atoms with Gasteiger partial charge in [0.1, 0.15) is 18.0 Å². The summed E-state index contributed by atoms with van der Waals surface area (Å²) in [5.74, 6) is -0.529. The first-order valence-corrected chi connectivity index (χ1v) is 14.2. The minimum Gasteiger partial charge on any atom is -0.473 e. The summed E-state index contributed by atoms with van der Waals surface area (Å²) >= 11 is 0. The highest BCUT2D eigenvalue weighted by Gasteiger charge is 2.36. The third-order valence-electron chi connectivity index (χ3n) is 8.01. The van der Waals surface area contributed by atoms with E-state index in [1.165, 1.54) is 6.07 Å². The Morgan fingerprint density at radius 3 is 2.56 bits per heavy atom. The van der Waals surface area contributed by atoms with Gasteiger partial charge in [0, 0.05) is 13.1 Å². The molecule has 2 aromatic carbocycles. The fraction of sp³-hybridized carbons (Fsp3) is 0.467. The lowest BCUT2D eigenvalue weighted by atomic mass is 9.92. The number of nitrogens with one attached hydrogen (secondary N) is 2. The van der Waals surface area contributed by atoms with Crippen molar-refractivity contribution in [3.63, 3.8) is 0 Å². The number of benzene rings is 2. The van der Waals surface area contributed by atoms with Gasteiger partial charge in [0.15, 0.2) is 11.6 Å². The molecule has 1 unspecified atom stereocenters. The van der Waals surface area contributed by atoms with Crippen molar-refractivity contribution in [1.29, 1.82) is 0 Å². The molecule has 0 radical (unpaired) electrons. The highest BCUT2D eigenvalue weighted by molar-refractivity contribution is 5.90. The molecule has 2 saturated heterocycles. The molecule has 2 amide bonds. The second-order valence-corrected chi connectivity index (χ2v) is 10.9. The highest BCUT2D eigenvalue weighted by atomic mass is 19.2. The molecule has 0 bridgehead atoms. The summed E-state index contributed by atoms with van der Waals surface area (Å²) < 4.78 is 35.6. The fourth-order valence-corrected chi connectivity index (χ4v) is 5.47. The monoisotopic (exact) mass is 568 g/mol. The maximum absolute atomic E-state index is 14.0. The van der Waals surface area contributed by atoms with Gasteiger partial charge in [-0.2, -0.15) is 5.06 Å². The molecule has 2 fully saturated rings. The van der Waals surface area contributed by atoms with Crippen LogP contribution < -0.4 is 15.4 Å². The molecule has 11 heteroatoms. The van der Waals surface area contributed by atoms with Crippen LogP contribution in [0.5, 0.6) is 5.88 Å². The molecule has 0 saturated carbocycles. The first-order valence-electron chi connectivity index (χ1n) is 14.2. The van der Waals surface area contributed by atoms with Crippen LogP contribution >= 0.6 is 0 Å². The number of hydrogen-bond acceptors (Lipinski definition) is 6. The van der Waals surface area contributed by atoms with E-state index in [-0.39, 0.29) is 6.10 Å². The molecule has 1 aromatic heterocycles. The zero-order valence-electron chi connectivity index (χ0n) is 23.9. The van der Waals surface area contributed by atoms with E-state index in [2.05, 4.69) is 29.5 Å². The number of carbonyl (C=O) groups is 1.